The van der Waals surface area contributed by atoms with Crippen molar-refractivity contribution in [3.63, 3.8) is 0 Å². The number of halogens is 2. The Kier molecular flexibility index (Phi) is 9.36. The highest BCUT2D eigenvalue weighted by molar-refractivity contribution is 5.94. The number of piperidine rings is 1. The number of hydrogen-bond acceptors (Lipinski definition) is 4. The van der Waals surface area contributed by atoms with Crippen LogP contribution in [0.1, 0.15) is 37.7 Å². The molecule has 146 valence electrons. The number of nitrogens with one attached hydrogen (secondary N) is 2. The molecule has 3 rings (SSSR count). The van der Waals surface area contributed by atoms with Crippen LogP contribution in [0.15, 0.2) is 24.3 Å². The van der Waals surface area contributed by atoms with E-state index in [-0.39, 0.29) is 48.7 Å². The smallest absolute Gasteiger partial charge is 0.241 e. The number of primary amides is 1. The van der Waals surface area contributed by atoms with Crippen molar-refractivity contribution in [1.29, 1.82) is 0 Å². The van der Waals surface area contributed by atoms with Crippen LogP contribution in [0.2, 0.25) is 0 Å². The molecule has 0 aromatic heterocycles. The normalized spacial score (nSPS) is 22.8. The summed E-state index contributed by atoms with van der Waals surface area (Å²) in [7, 11) is 0. The first-order valence-electron chi connectivity index (χ1n) is 8.80. The molecule has 2 aliphatic heterocycles. The van der Waals surface area contributed by atoms with Crippen molar-refractivity contribution >= 4 is 42.3 Å². The third-order valence-corrected chi connectivity index (χ3v) is 4.90. The first-order valence-corrected chi connectivity index (χ1v) is 8.80. The minimum Gasteiger partial charge on any atom is -0.368 e. The number of amides is 2. The van der Waals surface area contributed by atoms with Crippen LogP contribution in [0.3, 0.4) is 0 Å². The second-order valence-electron chi connectivity index (χ2n) is 6.72. The molecule has 0 radical (unpaired) electrons. The van der Waals surface area contributed by atoms with Gasteiger partial charge in [-0.05, 0) is 56.5 Å². The van der Waals surface area contributed by atoms with E-state index in [1.54, 1.807) is 0 Å². The second kappa shape index (κ2) is 10.7. The van der Waals surface area contributed by atoms with Crippen LogP contribution in [-0.4, -0.2) is 41.9 Å². The van der Waals surface area contributed by atoms with E-state index in [0.717, 1.165) is 56.4 Å². The standard InChI is InChI=1S/C18H26N4O2.2ClH/c19-17(23)16-8-4-10-22(16)12-13-5-3-6-14(11-13)21-18(24)15-7-1-2-9-20-15;;/h3,5-6,11,15-16,20H,1-2,4,7-10,12H2,(H2,19,23)(H,21,24);2*1H/t15-,16?;;/m1../s1. The molecular formula is C18H28Cl2N4O2. The maximum absolute atomic E-state index is 12.3. The van der Waals surface area contributed by atoms with Gasteiger partial charge in [-0.3, -0.25) is 14.5 Å². The molecule has 0 aliphatic carbocycles. The summed E-state index contributed by atoms with van der Waals surface area (Å²) in [5.41, 5.74) is 7.36. The van der Waals surface area contributed by atoms with E-state index in [4.69, 9.17) is 5.73 Å². The predicted molar refractivity (Wildman–Crippen MR) is 108 cm³/mol. The first kappa shape index (κ1) is 22.7. The summed E-state index contributed by atoms with van der Waals surface area (Å²) in [4.78, 5) is 25.9. The zero-order valence-electron chi connectivity index (χ0n) is 14.8. The van der Waals surface area contributed by atoms with Crippen molar-refractivity contribution in [2.75, 3.05) is 18.4 Å². The molecule has 1 aromatic carbocycles. The molecule has 2 saturated heterocycles. The number of nitrogens with zero attached hydrogens (tertiary/aromatic N) is 1. The number of hydrogen-bond donors (Lipinski definition) is 3. The SMILES string of the molecule is Cl.Cl.NC(=O)C1CCCN1Cc1cccc(NC(=O)[C@H]2CCCCN2)c1. The number of likely N-dealkylation sites (tertiary alicyclic amines) is 1. The summed E-state index contributed by atoms with van der Waals surface area (Å²) < 4.78 is 0. The van der Waals surface area contributed by atoms with Gasteiger partial charge in [0.15, 0.2) is 0 Å². The Morgan fingerprint density at radius 1 is 1.19 bits per heavy atom. The van der Waals surface area contributed by atoms with E-state index in [1.807, 2.05) is 24.3 Å². The van der Waals surface area contributed by atoms with E-state index in [2.05, 4.69) is 15.5 Å². The minimum absolute atomic E-state index is 0. The number of nitrogens with two attached hydrogens (primary N) is 1. The number of carbonyl (C=O) groups excluding carboxylic acids is 2. The summed E-state index contributed by atoms with van der Waals surface area (Å²) in [6.07, 6.45) is 4.95. The van der Waals surface area contributed by atoms with Crippen molar-refractivity contribution in [2.24, 2.45) is 5.73 Å². The van der Waals surface area contributed by atoms with Gasteiger partial charge in [-0.15, -0.1) is 24.8 Å². The summed E-state index contributed by atoms with van der Waals surface area (Å²) >= 11 is 0. The van der Waals surface area contributed by atoms with Crippen molar-refractivity contribution in [3.8, 4) is 0 Å². The van der Waals surface area contributed by atoms with E-state index in [0.29, 0.717) is 6.54 Å². The molecule has 1 aromatic rings. The van der Waals surface area contributed by atoms with Gasteiger partial charge in [-0.1, -0.05) is 18.6 Å². The molecule has 2 atom stereocenters. The molecule has 2 amide bonds. The largest absolute Gasteiger partial charge is 0.368 e. The zero-order valence-corrected chi connectivity index (χ0v) is 16.4. The number of anilines is 1. The van der Waals surface area contributed by atoms with E-state index in [9.17, 15) is 9.59 Å². The van der Waals surface area contributed by atoms with Gasteiger partial charge in [-0.25, -0.2) is 0 Å². The van der Waals surface area contributed by atoms with Crippen molar-refractivity contribution in [2.45, 2.75) is 50.7 Å². The van der Waals surface area contributed by atoms with Crippen LogP contribution in [0, 0.1) is 0 Å². The maximum Gasteiger partial charge on any atom is 0.241 e. The van der Waals surface area contributed by atoms with E-state index < -0.39 is 0 Å². The molecule has 2 aliphatic rings. The van der Waals surface area contributed by atoms with Gasteiger partial charge in [0.05, 0.1) is 12.1 Å². The average molecular weight is 403 g/mol. The Labute approximate surface area is 167 Å². The number of carbonyl (C=O) groups is 2. The molecule has 4 N–H and O–H groups in total. The third-order valence-electron chi connectivity index (χ3n) is 4.90. The highest BCUT2D eigenvalue weighted by Gasteiger charge is 2.28. The van der Waals surface area contributed by atoms with Crippen molar-refractivity contribution in [1.82, 2.24) is 10.2 Å². The van der Waals surface area contributed by atoms with Gasteiger partial charge in [-0.2, -0.15) is 0 Å². The fourth-order valence-corrected chi connectivity index (χ4v) is 3.62. The molecule has 8 heteroatoms. The molecule has 2 heterocycles. The Morgan fingerprint density at radius 2 is 2.00 bits per heavy atom. The summed E-state index contributed by atoms with van der Waals surface area (Å²) in [6.45, 7) is 2.47. The third kappa shape index (κ3) is 5.84. The molecule has 0 bridgehead atoms. The molecule has 0 spiro atoms. The summed E-state index contributed by atoms with van der Waals surface area (Å²) in [5, 5.41) is 6.26. The van der Waals surface area contributed by atoms with Gasteiger partial charge >= 0.3 is 0 Å². The lowest BCUT2D eigenvalue weighted by Gasteiger charge is -2.23. The number of rotatable bonds is 5. The fourth-order valence-electron chi connectivity index (χ4n) is 3.62. The van der Waals surface area contributed by atoms with Crippen LogP contribution in [0.25, 0.3) is 0 Å². The van der Waals surface area contributed by atoms with Crippen molar-refractivity contribution in [3.05, 3.63) is 29.8 Å². The van der Waals surface area contributed by atoms with Crippen LogP contribution in [0.4, 0.5) is 5.69 Å². The topological polar surface area (TPSA) is 87.5 Å². The first-order chi connectivity index (χ1) is 11.6. The lowest BCUT2D eigenvalue weighted by atomic mass is 10.0. The summed E-state index contributed by atoms with van der Waals surface area (Å²) in [6, 6.07) is 7.58. The van der Waals surface area contributed by atoms with Gasteiger partial charge in [0.25, 0.3) is 0 Å². The van der Waals surface area contributed by atoms with Gasteiger partial charge in [0.2, 0.25) is 11.8 Å². The monoisotopic (exact) mass is 402 g/mol. The average Bonchev–Trinajstić information content (AvgIpc) is 3.04. The highest BCUT2D eigenvalue weighted by Crippen LogP contribution is 2.21. The van der Waals surface area contributed by atoms with Crippen molar-refractivity contribution < 1.29 is 9.59 Å². The maximum atomic E-state index is 12.3. The molecule has 1 unspecified atom stereocenters. The minimum atomic E-state index is -0.250. The quantitative estimate of drug-likeness (QED) is 0.703. The van der Waals surface area contributed by atoms with Gasteiger partial charge in [0, 0.05) is 12.2 Å². The Hall–Kier alpha value is -1.34. The zero-order chi connectivity index (χ0) is 16.9. The van der Waals surface area contributed by atoms with Gasteiger partial charge in [0.1, 0.15) is 0 Å². The van der Waals surface area contributed by atoms with E-state index >= 15 is 0 Å². The van der Waals surface area contributed by atoms with Crippen LogP contribution >= 0.6 is 24.8 Å². The number of benzene rings is 1. The molecule has 2 fully saturated rings. The molecule has 6 nitrogen and oxygen atoms in total. The lowest BCUT2D eigenvalue weighted by Crippen LogP contribution is -2.43. The lowest BCUT2D eigenvalue weighted by molar-refractivity contribution is -0.122. The summed E-state index contributed by atoms with van der Waals surface area (Å²) in [5.74, 6) is -0.219. The molecular weight excluding hydrogens is 375 g/mol. The van der Waals surface area contributed by atoms with Crippen LogP contribution < -0.4 is 16.4 Å². The van der Waals surface area contributed by atoms with Crippen LogP contribution in [-0.2, 0) is 16.1 Å². The highest BCUT2D eigenvalue weighted by atomic mass is 35.5. The predicted octanol–water partition coefficient (Wildman–Crippen LogP) is 2.06. The fraction of sp³-hybridized carbons (Fsp3) is 0.556. The molecule has 26 heavy (non-hydrogen) atoms. The Balaban J connectivity index is 0.00000169. The van der Waals surface area contributed by atoms with E-state index in [1.165, 1.54) is 0 Å². The second-order valence-corrected chi connectivity index (χ2v) is 6.72. The Bertz CT molecular complexity index is 609. The Morgan fingerprint density at radius 3 is 2.69 bits per heavy atom. The molecule has 0 saturated carbocycles. The van der Waals surface area contributed by atoms with Crippen LogP contribution in [0.5, 0.6) is 0 Å². The van der Waals surface area contributed by atoms with Gasteiger partial charge < -0.3 is 16.4 Å².